The summed E-state index contributed by atoms with van der Waals surface area (Å²) in [6, 6.07) is 8.77. The number of halogens is 4. The van der Waals surface area contributed by atoms with E-state index in [1.807, 2.05) is 0 Å². The molecule has 0 aromatic heterocycles. The van der Waals surface area contributed by atoms with Gasteiger partial charge in [-0.15, -0.1) is 0 Å². The molecule has 0 saturated heterocycles. The van der Waals surface area contributed by atoms with Crippen molar-refractivity contribution in [3.63, 3.8) is 0 Å². The van der Waals surface area contributed by atoms with E-state index in [2.05, 4.69) is 0 Å². The minimum Gasteiger partial charge on any atom is -0.294 e. The SMILES string of the molecule is Cc1cccc(C(=O)Cc2ccc(C(F)(F)F)cc2)c1F. The van der Waals surface area contributed by atoms with Gasteiger partial charge in [0.2, 0.25) is 0 Å². The lowest BCUT2D eigenvalue weighted by Crippen LogP contribution is -2.08. The van der Waals surface area contributed by atoms with Gasteiger partial charge in [-0.25, -0.2) is 4.39 Å². The Morgan fingerprint density at radius 1 is 1.05 bits per heavy atom. The molecule has 0 spiro atoms. The number of benzene rings is 2. The molecule has 0 atom stereocenters. The van der Waals surface area contributed by atoms with Gasteiger partial charge in [0.1, 0.15) is 5.82 Å². The van der Waals surface area contributed by atoms with Gasteiger partial charge in [-0.3, -0.25) is 4.79 Å². The Morgan fingerprint density at radius 3 is 2.24 bits per heavy atom. The van der Waals surface area contributed by atoms with Gasteiger partial charge in [0.25, 0.3) is 0 Å². The number of ketones is 1. The van der Waals surface area contributed by atoms with E-state index in [0.717, 1.165) is 12.1 Å². The zero-order valence-electron chi connectivity index (χ0n) is 11.2. The monoisotopic (exact) mass is 296 g/mol. The van der Waals surface area contributed by atoms with Crippen LogP contribution in [0.4, 0.5) is 17.6 Å². The second-order valence-electron chi connectivity index (χ2n) is 4.73. The Labute approximate surface area is 119 Å². The van der Waals surface area contributed by atoms with Crippen LogP contribution in [0.15, 0.2) is 42.5 Å². The number of Topliss-reactive ketones (excluding diaryl/α,β-unsaturated/α-hetero) is 1. The Hall–Kier alpha value is -2.17. The fourth-order valence-electron chi connectivity index (χ4n) is 1.95. The van der Waals surface area contributed by atoms with Crippen LogP contribution in [0.2, 0.25) is 0 Å². The van der Waals surface area contributed by atoms with Gasteiger partial charge in [-0.05, 0) is 36.2 Å². The maximum absolute atomic E-state index is 13.8. The Bertz CT molecular complexity index is 657. The predicted octanol–water partition coefficient (Wildman–Crippen LogP) is 4.58. The summed E-state index contributed by atoms with van der Waals surface area (Å²) in [5, 5.41) is 0. The molecule has 0 N–H and O–H groups in total. The molecule has 0 amide bonds. The van der Waals surface area contributed by atoms with Crippen molar-refractivity contribution < 1.29 is 22.4 Å². The van der Waals surface area contributed by atoms with Crippen LogP contribution < -0.4 is 0 Å². The van der Waals surface area contributed by atoms with Gasteiger partial charge < -0.3 is 0 Å². The van der Waals surface area contributed by atoms with Crippen LogP contribution in [-0.4, -0.2) is 5.78 Å². The molecule has 0 bridgehead atoms. The Balaban J connectivity index is 2.18. The third-order valence-corrected chi connectivity index (χ3v) is 3.14. The average molecular weight is 296 g/mol. The standard InChI is InChI=1S/C16H12F4O/c1-10-3-2-4-13(15(10)17)14(21)9-11-5-7-12(8-6-11)16(18,19)20/h2-8H,9H2,1H3. The zero-order valence-corrected chi connectivity index (χ0v) is 11.2. The van der Waals surface area contributed by atoms with Gasteiger partial charge in [-0.2, -0.15) is 13.2 Å². The molecule has 0 unspecified atom stereocenters. The number of aryl methyl sites for hydroxylation is 1. The lowest BCUT2D eigenvalue weighted by atomic mass is 10.00. The second-order valence-corrected chi connectivity index (χ2v) is 4.73. The van der Waals surface area contributed by atoms with E-state index in [0.29, 0.717) is 11.1 Å². The fraction of sp³-hybridized carbons (Fsp3) is 0.188. The summed E-state index contributed by atoms with van der Waals surface area (Å²) >= 11 is 0. The summed E-state index contributed by atoms with van der Waals surface area (Å²) in [7, 11) is 0. The normalized spacial score (nSPS) is 11.5. The number of carbonyl (C=O) groups is 1. The molecule has 0 radical (unpaired) electrons. The zero-order chi connectivity index (χ0) is 15.6. The van der Waals surface area contributed by atoms with Crippen molar-refractivity contribution in [2.45, 2.75) is 19.5 Å². The van der Waals surface area contributed by atoms with E-state index < -0.39 is 23.3 Å². The van der Waals surface area contributed by atoms with Crippen molar-refractivity contribution in [2.24, 2.45) is 0 Å². The number of alkyl halides is 3. The van der Waals surface area contributed by atoms with E-state index in [9.17, 15) is 22.4 Å². The van der Waals surface area contributed by atoms with Gasteiger partial charge in [0.05, 0.1) is 11.1 Å². The topological polar surface area (TPSA) is 17.1 Å². The maximum Gasteiger partial charge on any atom is 0.416 e. The highest BCUT2D eigenvalue weighted by molar-refractivity contribution is 5.97. The molecule has 110 valence electrons. The van der Waals surface area contributed by atoms with Gasteiger partial charge in [0, 0.05) is 6.42 Å². The molecule has 0 fully saturated rings. The average Bonchev–Trinajstić information content (AvgIpc) is 2.41. The first kappa shape index (κ1) is 15.2. The molecule has 0 aliphatic carbocycles. The molecule has 0 aliphatic heterocycles. The highest BCUT2D eigenvalue weighted by Crippen LogP contribution is 2.29. The van der Waals surface area contributed by atoms with Crippen molar-refractivity contribution in [2.75, 3.05) is 0 Å². The number of rotatable bonds is 3. The summed E-state index contributed by atoms with van der Waals surface area (Å²) in [4.78, 5) is 12.0. The summed E-state index contributed by atoms with van der Waals surface area (Å²) in [5.74, 6) is -1.05. The van der Waals surface area contributed by atoms with Crippen LogP contribution >= 0.6 is 0 Å². The summed E-state index contributed by atoms with van der Waals surface area (Å²) in [6.07, 6.45) is -4.55. The molecule has 2 aromatic carbocycles. The lowest BCUT2D eigenvalue weighted by Gasteiger charge is -2.08. The largest absolute Gasteiger partial charge is 0.416 e. The van der Waals surface area contributed by atoms with Crippen molar-refractivity contribution in [3.05, 3.63) is 70.5 Å². The fourth-order valence-corrected chi connectivity index (χ4v) is 1.95. The molecular formula is C16H12F4O. The molecule has 2 rings (SSSR count). The highest BCUT2D eigenvalue weighted by Gasteiger charge is 2.30. The first-order valence-corrected chi connectivity index (χ1v) is 6.23. The molecule has 2 aromatic rings. The van der Waals surface area contributed by atoms with Gasteiger partial charge in [-0.1, -0.05) is 24.3 Å². The number of hydrogen-bond acceptors (Lipinski definition) is 1. The molecule has 5 heteroatoms. The van der Waals surface area contributed by atoms with Crippen molar-refractivity contribution in [1.29, 1.82) is 0 Å². The van der Waals surface area contributed by atoms with Crippen LogP contribution in [0.25, 0.3) is 0 Å². The molecule has 21 heavy (non-hydrogen) atoms. The van der Waals surface area contributed by atoms with Crippen LogP contribution in [0.1, 0.15) is 27.0 Å². The molecule has 1 nitrogen and oxygen atoms in total. The van der Waals surface area contributed by atoms with E-state index in [1.165, 1.54) is 18.2 Å². The quantitative estimate of drug-likeness (QED) is 0.598. The minimum atomic E-state index is -4.41. The highest BCUT2D eigenvalue weighted by atomic mass is 19.4. The Morgan fingerprint density at radius 2 is 1.67 bits per heavy atom. The second kappa shape index (κ2) is 5.68. The van der Waals surface area contributed by atoms with Crippen molar-refractivity contribution in [3.8, 4) is 0 Å². The van der Waals surface area contributed by atoms with Crippen molar-refractivity contribution in [1.82, 2.24) is 0 Å². The van der Waals surface area contributed by atoms with E-state index >= 15 is 0 Å². The van der Waals surface area contributed by atoms with E-state index in [-0.39, 0.29) is 12.0 Å². The third-order valence-electron chi connectivity index (χ3n) is 3.14. The Kier molecular flexibility index (Phi) is 4.11. The van der Waals surface area contributed by atoms with E-state index in [1.54, 1.807) is 19.1 Å². The number of carbonyl (C=O) groups excluding carboxylic acids is 1. The molecular weight excluding hydrogens is 284 g/mol. The predicted molar refractivity (Wildman–Crippen MR) is 70.6 cm³/mol. The van der Waals surface area contributed by atoms with Gasteiger partial charge in [0.15, 0.2) is 5.78 Å². The van der Waals surface area contributed by atoms with Crippen LogP contribution in [0, 0.1) is 12.7 Å². The van der Waals surface area contributed by atoms with Crippen LogP contribution in [-0.2, 0) is 12.6 Å². The summed E-state index contributed by atoms with van der Waals surface area (Å²) in [5.41, 5.74) is -0.0579. The van der Waals surface area contributed by atoms with Crippen molar-refractivity contribution >= 4 is 5.78 Å². The number of hydrogen-bond donors (Lipinski definition) is 0. The van der Waals surface area contributed by atoms with Crippen LogP contribution in [0.5, 0.6) is 0 Å². The minimum absolute atomic E-state index is 0.0464. The molecule has 0 saturated carbocycles. The first-order chi connectivity index (χ1) is 9.79. The lowest BCUT2D eigenvalue weighted by molar-refractivity contribution is -0.137. The smallest absolute Gasteiger partial charge is 0.294 e. The van der Waals surface area contributed by atoms with Crippen LogP contribution in [0.3, 0.4) is 0 Å². The summed E-state index contributed by atoms with van der Waals surface area (Å²) < 4.78 is 51.1. The van der Waals surface area contributed by atoms with E-state index in [4.69, 9.17) is 0 Å². The van der Waals surface area contributed by atoms with Gasteiger partial charge >= 0.3 is 6.18 Å². The molecule has 0 heterocycles. The molecule has 0 aliphatic rings. The third kappa shape index (κ3) is 3.48. The first-order valence-electron chi connectivity index (χ1n) is 6.23. The summed E-state index contributed by atoms with van der Waals surface area (Å²) in [6.45, 7) is 1.55. The maximum atomic E-state index is 13.8.